The topological polar surface area (TPSA) is 139 Å². The zero-order valence-electron chi connectivity index (χ0n) is 26.1. The number of nitrogens with one attached hydrogen (secondary N) is 2. The second-order valence-corrected chi connectivity index (χ2v) is 13.0. The first-order chi connectivity index (χ1) is 19.5. The van der Waals surface area contributed by atoms with Gasteiger partial charge >= 0.3 is 6.09 Å². The predicted octanol–water partition coefficient (Wildman–Crippen LogP) is 4.85. The van der Waals surface area contributed by atoms with Crippen molar-refractivity contribution in [2.45, 2.75) is 111 Å². The molecule has 232 valence electrons. The summed E-state index contributed by atoms with van der Waals surface area (Å²) in [4.78, 5) is 79.2. The van der Waals surface area contributed by atoms with E-state index in [0.717, 1.165) is 0 Å². The smallest absolute Gasteiger partial charge is 0.408 e. The Kier molecular flexibility index (Phi) is 12.4. The molecule has 10 heteroatoms. The molecule has 1 aromatic rings. The molecule has 42 heavy (non-hydrogen) atoms. The molecule has 1 aliphatic rings. The number of alkyl carbamates (subject to hydrolysis) is 1. The Bertz CT molecular complexity index is 1140. The fourth-order valence-corrected chi connectivity index (χ4v) is 4.98. The van der Waals surface area contributed by atoms with Crippen LogP contribution in [0.1, 0.15) is 93.4 Å². The minimum Gasteiger partial charge on any atom is -0.444 e. The monoisotopic (exact) mass is 585 g/mol. The van der Waals surface area contributed by atoms with Crippen LogP contribution in [0.5, 0.6) is 0 Å². The normalized spacial score (nSPS) is 16.7. The van der Waals surface area contributed by atoms with Crippen molar-refractivity contribution in [3.05, 3.63) is 30.3 Å². The molecule has 2 rings (SSSR count). The molecule has 1 fully saturated rings. The van der Waals surface area contributed by atoms with Gasteiger partial charge in [-0.25, -0.2) is 4.79 Å². The zero-order chi connectivity index (χ0) is 31.7. The highest BCUT2D eigenvalue weighted by Crippen LogP contribution is 2.28. The molecule has 0 spiro atoms. The van der Waals surface area contributed by atoms with Crippen LogP contribution in [-0.4, -0.2) is 64.4 Å². The van der Waals surface area contributed by atoms with Crippen LogP contribution in [0.4, 0.5) is 10.5 Å². The highest BCUT2D eigenvalue weighted by molar-refractivity contribution is 6.38. The number of anilines is 1. The van der Waals surface area contributed by atoms with Crippen LogP contribution in [-0.2, 0) is 28.7 Å². The number of hydrogen-bond donors (Lipinski definition) is 2. The number of likely N-dealkylation sites (tertiary alicyclic amines) is 1. The van der Waals surface area contributed by atoms with E-state index in [-0.39, 0.29) is 36.9 Å². The van der Waals surface area contributed by atoms with Crippen molar-refractivity contribution in [2.75, 3.05) is 11.9 Å². The molecule has 1 unspecified atom stereocenters. The molecule has 1 aromatic carbocycles. The molecule has 3 amide bonds. The van der Waals surface area contributed by atoms with E-state index < -0.39 is 46.7 Å². The summed E-state index contributed by atoms with van der Waals surface area (Å²) in [6.45, 7) is 12.9. The molecule has 0 aliphatic carbocycles. The predicted molar refractivity (Wildman–Crippen MR) is 160 cm³/mol. The number of ether oxygens (including phenoxy) is 1. The van der Waals surface area contributed by atoms with Gasteiger partial charge in [-0.1, -0.05) is 52.3 Å². The van der Waals surface area contributed by atoms with Crippen LogP contribution in [0.15, 0.2) is 30.3 Å². The number of amides is 3. The Morgan fingerprint density at radius 1 is 0.976 bits per heavy atom. The Morgan fingerprint density at radius 3 is 2.19 bits per heavy atom. The lowest BCUT2D eigenvalue weighted by atomic mass is 9.85. The molecule has 0 radical (unpaired) electrons. The summed E-state index contributed by atoms with van der Waals surface area (Å²) in [7, 11) is 0. The van der Waals surface area contributed by atoms with Crippen LogP contribution in [0, 0.1) is 11.3 Å². The van der Waals surface area contributed by atoms with Gasteiger partial charge in [-0.2, -0.15) is 0 Å². The lowest BCUT2D eigenvalue weighted by Crippen LogP contribution is -2.57. The molecule has 0 bridgehead atoms. The molecular formula is C32H47N3O7. The molecule has 0 saturated carbocycles. The van der Waals surface area contributed by atoms with E-state index in [1.54, 1.807) is 45.0 Å². The number of rotatable bonds is 13. The number of para-hydroxylation sites is 1. The molecule has 1 heterocycles. The van der Waals surface area contributed by atoms with Gasteiger partial charge in [0.1, 0.15) is 11.6 Å². The van der Waals surface area contributed by atoms with Gasteiger partial charge < -0.3 is 20.3 Å². The maximum absolute atomic E-state index is 13.7. The standard InChI is InChI=1S/C32H47N3O7/c1-8-13-21(27(39)24(36)17-18-26(38)33-22-14-10-9-11-15-22)20-25(37)23-16-12-19-35(23)29(40)28(31(2,3)4)34-30(41)42-32(5,6)7/h9-11,14-15,21,23,28H,8,12-13,16-20H2,1-7H3,(H,33,38)(H,34,41)/t21?,23-,28+/m0/s1. The van der Waals surface area contributed by atoms with Gasteiger partial charge in [0, 0.05) is 37.4 Å². The summed E-state index contributed by atoms with van der Waals surface area (Å²) < 4.78 is 5.36. The summed E-state index contributed by atoms with van der Waals surface area (Å²) in [5.41, 5.74) is -0.808. The number of benzene rings is 1. The Balaban J connectivity index is 2.06. The minimum atomic E-state index is -0.933. The number of hydrogen-bond acceptors (Lipinski definition) is 7. The second-order valence-electron chi connectivity index (χ2n) is 13.0. The van der Waals surface area contributed by atoms with E-state index in [4.69, 9.17) is 4.74 Å². The fourth-order valence-electron chi connectivity index (χ4n) is 4.98. The fraction of sp³-hybridized carbons (Fsp3) is 0.625. The number of carbonyl (C=O) groups is 6. The molecular weight excluding hydrogens is 538 g/mol. The average Bonchev–Trinajstić information content (AvgIpc) is 3.38. The van der Waals surface area contributed by atoms with E-state index in [0.29, 0.717) is 37.9 Å². The number of nitrogens with zero attached hydrogens (tertiary/aromatic N) is 1. The van der Waals surface area contributed by atoms with E-state index in [1.807, 2.05) is 33.8 Å². The molecule has 10 nitrogen and oxygen atoms in total. The summed E-state index contributed by atoms with van der Waals surface area (Å²) >= 11 is 0. The quantitative estimate of drug-likeness (QED) is 0.316. The Labute approximate surface area is 249 Å². The first-order valence-electron chi connectivity index (χ1n) is 14.8. The van der Waals surface area contributed by atoms with Crippen LogP contribution >= 0.6 is 0 Å². The van der Waals surface area contributed by atoms with Crippen LogP contribution in [0.3, 0.4) is 0 Å². The number of ketones is 3. The van der Waals surface area contributed by atoms with Gasteiger partial charge in [-0.3, -0.25) is 24.0 Å². The summed E-state index contributed by atoms with van der Waals surface area (Å²) in [5.74, 6) is -3.21. The van der Waals surface area contributed by atoms with Crippen LogP contribution in [0.25, 0.3) is 0 Å². The Hall–Kier alpha value is -3.56. The Morgan fingerprint density at radius 2 is 1.62 bits per heavy atom. The van der Waals surface area contributed by atoms with E-state index in [9.17, 15) is 28.8 Å². The van der Waals surface area contributed by atoms with Crippen molar-refractivity contribution in [1.82, 2.24) is 10.2 Å². The van der Waals surface area contributed by atoms with Gasteiger partial charge in [-0.15, -0.1) is 0 Å². The third kappa shape index (κ3) is 10.7. The third-order valence-corrected chi connectivity index (χ3v) is 7.05. The summed E-state index contributed by atoms with van der Waals surface area (Å²) in [6, 6.07) is 7.13. The average molecular weight is 586 g/mol. The zero-order valence-corrected chi connectivity index (χ0v) is 26.1. The molecule has 3 atom stereocenters. The van der Waals surface area contributed by atoms with Crippen molar-refractivity contribution in [2.24, 2.45) is 11.3 Å². The summed E-state index contributed by atoms with van der Waals surface area (Å²) in [5, 5.41) is 5.38. The minimum absolute atomic E-state index is 0.143. The lowest BCUT2D eigenvalue weighted by Gasteiger charge is -2.36. The van der Waals surface area contributed by atoms with Crippen molar-refractivity contribution >= 4 is 40.9 Å². The highest BCUT2D eigenvalue weighted by atomic mass is 16.6. The summed E-state index contributed by atoms with van der Waals surface area (Å²) in [6.07, 6.45) is 0.703. The maximum atomic E-state index is 13.7. The molecule has 1 aliphatic heterocycles. The van der Waals surface area contributed by atoms with Crippen molar-refractivity contribution in [3.63, 3.8) is 0 Å². The van der Waals surface area contributed by atoms with Gasteiger partial charge in [0.05, 0.1) is 6.04 Å². The van der Waals surface area contributed by atoms with Gasteiger partial charge in [0.25, 0.3) is 0 Å². The first-order valence-corrected chi connectivity index (χ1v) is 14.8. The first kappa shape index (κ1) is 34.6. The second kappa shape index (κ2) is 15.1. The number of Topliss-reactive ketones (excluding diaryl/α,β-unsaturated/α-hetero) is 3. The molecule has 2 N–H and O–H groups in total. The van der Waals surface area contributed by atoms with Gasteiger partial charge in [-0.05, 0) is 57.6 Å². The third-order valence-electron chi connectivity index (χ3n) is 7.05. The van der Waals surface area contributed by atoms with Crippen LogP contribution in [0.2, 0.25) is 0 Å². The van der Waals surface area contributed by atoms with Crippen molar-refractivity contribution < 1.29 is 33.5 Å². The van der Waals surface area contributed by atoms with Crippen LogP contribution < -0.4 is 10.6 Å². The van der Waals surface area contributed by atoms with Gasteiger partial charge in [0.15, 0.2) is 11.6 Å². The molecule has 0 aromatic heterocycles. The van der Waals surface area contributed by atoms with Crippen molar-refractivity contribution in [3.8, 4) is 0 Å². The largest absolute Gasteiger partial charge is 0.444 e. The van der Waals surface area contributed by atoms with E-state index in [1.165, 1.54) is 4.90 Å². The van der Waals surface area contributed by atoms with E-state index in [2.05, 4.69) is 10.6 Å². The number of carbonyl (C=O) groups excluding carboxylic acids is 6. The van der Waals surface area contributed by atoms with Crippen molar-refractivity contribution in [1.29, 1.82) is 0 Å². The van der Waals surface area contributed by atoms with Gasteiger partial charge in [0.2, 0.25) is 17.6 Å². The highest BCUT2D eigenvalue weighted by Gasteiger charge is 2.43. The van der Waals surface area contributed by atoms with E-state index >= 15 is 0 Å². The maximum Gasteiger partial charge on any atom is 0.408 e. The SMILES string of the molecule is CCCC(CC(=O)[C@@H]1CCCN1C(=O)[C@@H](NC(=O)OC(C)(C)C)C(C)(C)C)C(=O)C(=O)CCC(=O)Nc1ccccc1. The lowest BCUT2D eigenvalue weighted by molar-refractivity contribution is -0.143. The molecule has 1 saturated heterocycles.